The van der Waals surface area contributed by atoms with Crippen molar-refractivity contribution in [3.8, 4) is 0 Å². The van der Waals surface area contributed by atoms with Gasteiger partial charge in [-0.15, -0.1) is 0 Å². The molecule has 7 nitrogen and oxygen atoms in total. The Kier molecular flexibility index (Phi) is 4.39. The number of nitrogens with two attached hydrogens (primary N) is 1. The summed E-state index contributed by atoms with van der Waals surface area (Å²) >= 11 is 3.22. The lowest BCUT2D eigenvalue weighted by Gasteiger charge is -2.12. The number of aryl methyl sites for hydroxylation is 1. The van der Waals surface area contributed by atoms with Crippen LogP contribution in [0.3, 0.4) is 0 Å². The number of rotatable bonds is 4. The van der Waals surface area contributed by atoms with Gasteiger partial charge in [-0.3, -0.25) is 9.48 Å². The van der Waals surface area contributed by atoms with E-state index < -0.39 is 17.9 Å². The minimum Gasteiger partial charge on any atom is -0.478 e. The van der Waals surface area contributed by atoms with Crippen LogP contribution < -0.4 is 11.1 Å². The highest BCUT2D eigenvalue weighted by molar-refractivity contribution is 9.10. The van der Waals surface area contributed by atoms with Gasteiger partial charge in [0.2, 0.25) is 5.91 Å². The smallest absolute Gasteiger partial charge is 0.335 e. The zero-order valence-corrected chi connectivity index (χ0v) is 12.7. The van der Waals surface area contributed by atoms with E-state index >= 15 is 0 Å². The van der Waals surface area contributed by atoms with Gasteiger partial charge in [0.25, 0.3) is 0 Å². The Labute approximate surface area is 128 Å². The van der Waals surface area contributed by atoms with Crippen molar-refractivity contribution in [3.05, 3.63) is 46.2 Å². The van der Waals surface area contributed by atoms with E-state index in [0.29, 0.717) is 15.7 Å². The molecule has 4 N–H and O–H groups in total. The van der Waals surface area contributed by atoms with Crippen molar-refractivity contribution < 1.29 is 14.7 Å². The minimum absolute atomic E-state index is 0.122. The van der Waals surface area contributed by atoms with E-state index in [-0.39, 0.29) is 5.56 Å². The van der Waals surface area contributed by atoms with E-state index in [1.54, 1.807) is 17.9 Å². The van der Waals surface area contributed by atoms with E-state index in [0.717, 1.165) is 0 Å². The van der Waals surface area contributed by atoms with Crippen molar-refractivity contribution in [1.29, 1.82) is 0 Å². The lowest BCUT2D eigenvalue weighted by Crippen LogP contribution is -2.27. The van der Waals surface area contributed by atoms with Crippen LogP contribution in [0.4, 0.5) is 5.69 Å². The summed E-state index contributed by atoms with van der Waals surface area (Å²) < 4.78 is 2.02. The van der Waals surface area contributed by atoms with Crippen molar-refractivity contribution in [2.24, 2.45) is 12.8 Å². The quantitative estimate of drug-likeness (QED) is 0.772. The molecule has 0 spiro atoms. The molecule has 0 aliphatic rings. The molecule has 0 fully saturated rings. The van der Waals surface area contributed by atoms with Crippen molar-refractivity contribution >= 4 is 33.5 Å². The maximum atomic E-state index is 12.1. The highest BCUT2D eigenvalue weighted by Gasteiger charge is 2.18. The van der Waals surface area contributed by atoms with E-state index in [1.807, 2.05) is 0 Å². The van der Waals surface area contributed by atoms with Gasteiger partial charge in [-0.1, -0.05) is 0 Å². The number of carboxylic acids is 1. The van der Waals surface area contributed by atoms with Gasteiger partial charge >= 0.3 is 5.97 Å². The highest BCUT2D eigenvalue weighted by Crippen LogP contribution is 2.24. The summed E-state index contributed by atoms with van der Waals surface area (Å²) in [4.78, 5) is 22.9. The molecular formula is C13H13BrN4O3. The Morgan fingerprint density at radius 2 is 2.19 bits per heavy atom. The molecular weight excluding hydrogens is 340 g/mol. The van der Waals surface area contributed by atoms with E-state index in [1.165, 1.54) is 24.4 Å². The first-order valence-electron chi connectivity index (χ1n) is 5.96. The topological polar surface area (TPSA) is 110 Å². The number of aromatic carboxylic acids is 1. The van der Waals surface area contributed by atoms with E-state index in [4.69, 9.17) is 10.8 Å². The van der Waals surface area contributed by atoms with Gasteiger partial charge in [0.05, 0.1) is 17.4 Å². The lowest BCUT2D eigenvalue weighted by molar-refractivity contribution is -0.117. The molecule has 1 atom stereocenters. The number of benzene rings is 1. The molecule has 1 unspecified atom stereocenters. The molecule has 1 aromatic heterocycles. The van der Waals surface area contributed by atoms with Gasteiger partial charge in [0.1, 0.15) is 6.04 Å². The fraction of sp³-hybridized carbons (Fsp3) is 0.154. The summed E-state index contributed by atoms with van der Waals surface area (Å²) in [5, 5.41) is 15.5. The molecule has 0 saturated carbocycles. The second-order valence-electron chi connectivity index (χ2n) is 4.41. The second-order valence-corrected chi connectivity index (χ2v) is 5.27. The van der Waals surface area contributed by atoms with Gasteiger partial charge in [-0.2, -0.15) is 5.10 Å². The predicted molar refractivity (Wildman–Crippen MR) is 79.9 cm³/mol. The molecule has 1 heterocycles. The first-order valence-corrected chi connectivity index (χ1v) is 6.75. The molecule has 0 saturated heterocycles. The molecule has 2 aromatic rings. The van der Waals surface area contributed by atoms with Crippen molar-refractivity contribution in [2.75, 3.05) is 5.32 Å². The maximum Gasteiger partial charge on any atom is 0.335 e. The molecule has 0 aliphatic carbocycles. The van der Waals surface area contributed by atoms with Crippen LogP contribution in [-0.2, 0) is 11.8 Å². The standard InChI is InChI=1S/C13H13BrN4O3/c1-18-6-8(5-16-18)11(15)12(19)17-10-3-2-7(13(20)21)4-9(10)14/h2-6,11H,15H2,1H3,(H,17,19)(H,20,21). The van der Waals surface area contributed by atoms with Crippen molar-refractivity contribution in [1.82, 2.24) is 9.78 Å². The molecule has 0 radical (unpaired) electrons. The van der Waals surface area contributed by atoms with Gasteiger partial charge in [0, 0.05) is 23.3 Å². The van der Waals surface area contributed by atoms with E-state index in [2.05, 4.69) is 26.3 Å². The molecule has 110 valence electrons. The second kappa shape index (κ2) is 6.06. The number of anilines is 1. The molecule has 1 aromatic carbocycles. The Morgan fingerprint density at radius 3 is 2.71 bits per heavy atom. The SMILES string of the molecule is Cn1cc(C(N)C(=O)Nc2ccc(C(=O)O)cc2Br)cn1. The number of nitrogens with one attached hydrogen (secondary N) is 1. The average molecular weight is 353 g/mol. The zero-order valence-electron chi connectivity index (χ0n) is 11.1. The lowest BCUT2D eigenvalue weighted by atomic mass is 10.1. The number of aromatic nitrogens is 2. The highest BCUT2D eigenvalue weighted by atomic mass is 79.9. The molecule has 8 heteroatoms. The van der Waals surface area contributed by atoms with Crippen molar-refractivity contribution in [2.45, 2.75) is 6.04 Å². The van der Waals surface area contributed by atoms with Crippen LogP contribution in [0.25, 0.3) is 0 Å². The molecule has 21 heavy (non-hydrogen) atoms. The summed E-state index contributed by atoms with van der Waals surface area (Å²) in [5.41, 5.74) is 7.01. The van der Waals surface area contributed by atoms with Gasteiger partial charge in [-0.05, 0) is 34.1 Å². The fourth-order valence-corrected chi connectivity index (χ4v) is 2.19. The van der Waals surface area contributed by atoms with E-state index in [9.17, 15) is 9.59 Å². The number of carbonyl (C=O) groups excluding carboxylic acids is 1. The van der Waals surface area contributed by atoms with Crippen LogP contribution in [0.15, 0.2) is 35.1 Å². The summed E-state index contributed by atoms with van der Waals surface area (Å²) in [6.45, 7) is 0. The Hall–Kier alpha value is -2.19. The number of hydrogen-bond donors (Lipinski definition) is 3. The first kappa shape index (κ1) is 15.2. The first-order chi connectivity index (χ1) is 9.88. The molecule has 0 bridgehead atoms. The summed E-state index contributed by atoms with van der Waals surface area (Å²) in [6.07, 6.45) is 3.18. The van der Waals surface area contributed by atoms with Crippen LogP contribution >= 0.6 is 15.9 Å². The Morgan fingerprint density at radius 1 is 1.48 bits per heavy atom. The molecule has 2 rings (SSSR count). The summed E-state index contributed by atoms with van der Waals surface area (Å²) in [5.74, 6) is -1.45. The van der Waals surface area contributed by atoms with Gasteiger partial charge in [0.15, 0.2) is 0 Å². The maximum absolute atomic E-state index is 12.1. The fourth-order valence-electron chi connectivity index (χ4n) is 1.71. The third-order valence-electron chi connectivity index (χ3n) is 2.84. The largest absolute Gasteiger partial charge is 0.478 e. The summed E-state index contributed by atoms with van der Waals surface area (Å²) in [7, 11) is 1.73. The minimum atomic E-state index is -1.04. The summed E-state index contributed by atoms with van der Waals surface area (Å²) in [6, 6.07) is 3.46. The van der Waals surface area contributed by atoms with Gasteiger partial charge in [-0.25, -0.2) is 4.79 Å². The third kappa shape index (κ3) is 3.47. The average Bonchev–Trinajstić information content (AvgIpc) is 2.86. The monoisotopic (exact) mass is 352 g/mol. The normalized spacial score (nSPS) is 12.0. The number of halogens is 1. The van der Waals surface area contributed by atoms with Crippen LogP contribution in [0.5, 0.6) is 0 Å². The molecule has 0 aliphatic heterocycles. The zero-order chi connectivity index (χ0) is 15.6. The van der Waals surface area contributed by atoms with Crippen LogP contribution in [0, 0.1) is 0 Å². The third-order valence-corrected chi connectivity index (χ3v) is 3.50. The van der Waals surface area contributed by atoms with Crippen LogP contribution in [-0.4, -0.2) is 26.8 Å². The number of nitrogens with zero attached hydrogens (tertiary/aromatic N) is 2. The molecule has 1 amide bonds. The predicted octanol–water partition coefficient (Wildman–Crippen LogP) is 1.52. The number of amides is 1. The number of carbonyl (C=O) groups is 2. The van der Waals surface area contributed by atoms with Crippen LogP contribution in [0.1, 0.15) is 22.0 Å². The Bertz CT molecular complexity index is 698. The van der Waals surface area contributed by atoms with Gasteiger partial charge < -0.3 is 16.2 Å². The Balaban J connectivity index is 2.14. The number of hydrogen-bond acceptors (Lipinski definition) is 4. The number of carboxylic acid groups (broad SMARTS) is 1. The van der Waals surface area contributed by atoms with Crippen LogP contribution in [0.2, 0.25) is 0 Å². The van der Waals surface area contributed by atoms with Crippen molar-refractivity contribution in [3.63, 3.8) is 0 Å².